The van der Waals surface area contributed by atoms with Crippen LogP contribution in [0.2, 0.25) is 0 Å². The average molecular weight is 350 g/mol. The predicted molar refractivity (Wildman–Crippen MR) is 105 cm³/mol. The molecule has 0 bridgehead atoms. The van der Waals surface area contributed by atoms with Gasteiger partial charge in [0.05, 0.1) is 18.4 Å². The highest BCUT2D eigenvalue weighted by Gasteiger charge is 2.16. The van der Waals surface area contributed by atoms with Gasteiger partial charge < -0.3 is 9.84 Å². The minimum atomic E-state index is -0.274. The maximum absolute atomic E-state index is 13.0. The molecule has 0 spiro atoms. The Balaban J connectivity index is 2.29. The second-order valence-corrected chi connectivity index (χ2v) is 6.16. The molecule has 0 unspecified atom stereocenters. The standard InChI is InChI=1S/C21H22N2O3/c1-4-14(2)22-13-19-17-7-5-6-8-18(17)20(24)23(21(19)25)15-9-11-16(26-3)12-10-15/h5-14,25H,4H2,1-3H3/t14-/m1/s1. The Morgan fingerprint density at radius 1 is 1.15 bits per heavy atom. The van der Waals surface area contributed by atoms with Gasteiger partial charge >= 0.3 is 0 Å². The topological polar surface area (TPSA) is 63.8 Å². The van der Waals surface area contributed by atoms with E-state index in [0.29, 0.717) is 27.8 Å². The summed E-state index contributed by atoms with van der Waals surface area (Å²) in [5.74, 6) is 0.562. The van der Waals surface area contributed by atoms with Crippen LogP contribution in [0.15, 0.2) is 58.3 Å². The van der Waals surface area contributed by atoms with E-state index in [0.717, 1.165) is 6.42 Å². The lowest BCUT2D eigenvalue weighted by molar-refractivity contribution is 0.414. The molecule has 1 heterocycles. The molecular weight excluding hydrogens is 328 g/mol. The van der Waals surface area contributed by atoms with Gasteiger partial charge in [-0.3, -0.25) is 9.79 Å². The zero-order valence-electron chi connectivity index (χ0n) is 15.1. The van der Waals surface area contributed by atoms with Crippen LogP contribution in [0.1, 0.15) is 25.8 Å². The number of aromatic nitrogens is 1. The molecule has 26 heavy (non-hydrogen) atoms. The van der Waals surface area contributed by atoms with Gasteiger partial charge in [-0.1, -0.05) is 25.1 Å². The first-order valence-electron chi connectivity index (χ1n) is 8.61. The number of aliphatic imine (C=N–C) groups is 1. The minimum absolute atomic E-state index is 0.120. The Morgan fingerprint density at radius 2 is 1.81 bits per heavy atom. The maximum atomic E-state index is 13.0. The number of nitrogens with zero attached hydrogens (tertiary/aromatic N) is 2. The van der Waals surface area contributed by atoms with E-state index >= 15 is 0 Å². The van der Waals surface area contributed by atoms with Crippen LogP contribution >= 0.6 is 0 Å². The number of methoxy groups -OCH3 is 1. The number of rotatable bonds is 5. The predicted octanol–water partition coefficient (Wildman–Crippen LogP) is 3.92. The van der Waals surface area contributed by atoms with Crippen molar-refractivity contribution in [3.63, 3.8) is 0 Å². The molecule has 1 aromatic heterocycles. The summed E-state index contributed by atoms with van der Waals surface area (Å²) >= 11 is 0. The third kappa shape index (κ3) is 3.20. The second kappa shape index (κ2) is 7.44. The number of aromatic hydroxyl groups is 1. The lowest BCUT2D eigenvalue weighted by Crippen LogP contribution is -2.20. The van der Waals surface area contributed by atoms with E-state index < -0.39 is 0 Å². The molecule has 0 aliphatic rings. The van der Waals surface area contributed by atoms with Crippen LogP contribution in [-0.4, -0.2) is 29.0 Å². The van der Waals surface area contributed by atoms with Crippen molar-refractivity contribution in [3.05, 3.63) is 64.4 Å². The Kier molecular flexibility index (Phi) is 5.07. The van der Waals surface area contributed by atoms with Gasteiger partial charge in [-0.2, -0.15) is 0 Å². The second-order valence-electron chi connectivity index (χ2n) is 6.16. The van der Waals surface area contributed by atoms with E-state index in [-0.39, 0.29) is 17.5 Å². The van der Waals surface area contributed by atoms with Gasteiger partial charge in [-0.05, 0) is 43.7 Å². The van der Waals surface area contributed by atoms with Gasteiger partial charge in [0.1, 0.15) is 5.75 Å². The van der Waals surface area contributed by atoms with E-state index in [1.807, 2.05) is 25.1 Å². The molecule has 3 rings (SSSR count). The van der Waals surface area contributed by atoms with E-state index in [1.54, 1.807) is 43.7 Å². The SMILES string of the molecule is CC[C@@H](C)N=Cc1c(O)n(-c2ccc(OC)cc2)c(=O)c2ccccc12. The average Bonchev–Trinajstić information content (AvgIpc) is 2.68. The van der Waals surface area contributed by atoms with Gasteiger partial charge in [0.15, 0.2) is 0 Å². The Labute approximate surface area is 152 Å². The van der Waals surface area contributed by atoms with Crippen molar-refractivity contribution in [2.24, 2.45) is 4.99 Å². The zero-order chi connectivity index (χ0) is 18.7. The molecule has 3 aromatic rings. The van der Waals surface area contributed by atoms with Gasteiger partial charge in [0.2, 0.25) is 5.88 Å². The maximum Gasteiger partial charge on any atom is 0.265 e. The summed E-state index contributed by atoms with van der Waals surface area (Å²) in [5, 5.41) is 12.1. The number of pyridine rings is 1. The highest BCUT2D eigenvalue weighted by atomic mass is 16.5. The van der Waals surface area contributed by atoms with Gasteiger partial charge in [-0.25, -0.2) is 4.57 Å². The summed E-state index contributed by atoms with van der Waals surface area (Å²) in [6.45, 7) is 4.06. The first kappa shape index (κ1) is 17.7. The van der Waals surface area contributed by atoms with E-state index in [1.165, 1.54) is 4.57 Å². The van der Waals surface area contributed by atoms with Crippen LogP contribution in [0.4, 0.5) is 0 Å². The largest absolute Gasteiger partial charge is 0.497 e. The third-order valence-electron chi connectivity index (χ3n) is 4.48. The van der Waals surface area contributed by atoms with Gasteiger partial charge in [0, 0.05) is 23.0 Å². The molecule has 0 aliphatic heterocycles. The van der Waals surface area contributed by atoms with Crippen molar-refractivity contribution in [1.29, 1.82) is 0 Å². The van der Waals surface area contributed by atoms with Crippen molar-refractivity contribution >= 4 is 17.0 Å². The monoisotopic (exact) mass is 350 g/mol. The number of hydrogen-bond donors (Lipinski definition) is 1. The van der Waals surface area contributed by atoms with Crippen LogP contribution in [0.3, 0.4) is 0 Å². The molecule has 5 heteroatoms. The Bertz CT molecular complexity index is 1000. The minimum Gasteiger partial charge on any atom is -0.497 e. The molecule has 0 radical (unpaired) electrons. The molecule has 0 aliphatic carbocycles. The van der Waals surface area contributed by atoms with Crippen LogP contribution in [0, 0.1) is 0 Å². The molecule has 0 saturated heterocycles. The van der Waals surface area contributed by atoms with Gasteiger partial charge in [-0.15, -0.1) is 0 Å². The Hall–Kier alpha value is -3.08. The number of fused-ring (bicyclic) bond motifs is 1. The molecule has 1 N–H and O–H groups in total. The number of ether oxygens (including phenoxy) is 1. The van der Waals surface area contributed by atoms with Crippen molar-refractivity contribution in [3.8, 4) is 17.3 Å². The highest BCUT2D eigenvalue weighted by Crippen LogP contribution is 2.26. The van der Waals surface area contributed by atoms with Crippen molar-refractivity contribution in [2.45, 2.75) is 26.3 Å². The van der Waals surface area contributed by atoms with Crippen LogP contribution in [0.25, 0.3) is 16.5 Å². The molecule has 0 saturated carbocycles. The molecule has 5 nitrogen and oxygen atoms in total. The van der Waals surface area contributed by atoms with Crippen molar-refractivity contribution in [2.75, 3.05) is 7.11 Å². The number of benzene rings is 2. The molecule has 0 amide bonds. The summed E-state index contributed by atoms with van der Waals surface area (Å²) in [6, 6.07) is 14.4. The summed E-state index contributed by atoms with van der Waals surface area (Å²) < 4.78 is 6.47. The molecule has 134 valence electrons. The van der Waals surface area contributed by atoms with Gasteiger partial charge in [0.25, 0.3) is 5.56 Å². The molecule has 2 aromatic carbocycles. The van der Waals surface area contributed by atoms with Crippen molar-refractivity contribution < 1.29 is 9.84 Å². The smallest absolute Gasteiger partial charge is 0.265 e. The highest BCUT2D eigenvalue weighted by molar-refractivity contribution is 6.01. The summed E-state index contributed by atoms with van der Waals surface area (Å²) in [6.07, 6.45) is 2.55. The van der Waals surface area contributed by atoms with Crippen molar-refractivity contribution in [1.82, 2.24) is 4.57 Å². The lowest BCUT2D eigenvalue weighted by Gasteiger charge is -2.14. The summed E-state index contributed by atoms with van der Waals surface area (Å²) in [7, 11) is 1.58. The summed E-state index contributed by atoms with van der Waals surface area (Å²) in [4.78, 5) is 17.5. The van der Waals surface area contributed by atoms with E-state index in [4.69, 9.17) is 4.74 Å². The third-order valence-corrected chi connectivity index (χ3v) is 4.48. The van der Waals surface area contributed by atoms with E-state index in [2.05, 4.69) is 11.9 Å². The Morgan fingerprint density at radius 3 is 2.42 bits per heavy atom. The fourth-order valence-electron chi connectivity index (χ4n) is 2.77. The van der Waals surface area contributed by atoms with Crippen LogP contribution in [0.5, 0.6) is 11.6 Å². The fraction of sp³-hybridized carbons (Fsp3) is 0.238. The normalized spacial score (nSPS) is 12.6. The molecule has 1 atom stereocenters. The van der Waals surface area contributed by atoms with E-state index in [9.17, 15) is 9.90 Å². The summed E-state index contributed by atoms with van der Waals surface area (Å²) in [5.41, 5.74) is 0.831. The lowest BCUT2D eigenvalue weighted by atomic mass is 10.1. The molecular formula is C21H22N2O3. The quantitative estimate of drug-likeness (QED) is 0.709. The first-order valence-corrected chi connectivity index (χ1v) is 8.61. The molecule has 0 fully saturated rings. The first-order chi connectivity index (χ1) is 12.6. The zero-order valence-corrected chi connectivity index (χ0v) is 15.1. The fourth-order valence-corrected chi connectivity index (χ4v) is 2.77. The van der Waals surface area contributed by atoms with Crippen LogP contribution in [-0.2, 0) is 0 Å². The number of hydrogen-bond acceptors (Lipinski definition) is 4. The van der Waals surface area contributed by atoms with Crippen LogP contribution < -0.4 is 10.3 Å².